The Balaban J connectivity index is 1.67. The second-order valence-corrected chi connectivity index (χ2v) is 7.08. The smallest absolute Gasteiger partial charge is 0.265 e. The molecule has 2 amide bonds. The minimum absolute atomic E-state index is 0.173. The van der Waals surface area contributed by atoms with Crippen molar-refractivity contribution in [2.24, 2.45) is 0 Å². The Morgan fingerprint density at radius 1 is 0.839 bits per heavy atom. The molecule has 2 N–H and O–H groups in total. The number of para-hydroxylation sites is 1. The first kappa shape index (κ1) is 21.9. The fourth-order valence-electron chi connectivity index (χ4n) is 3.06. The first-order valence-corrected chi connectivity index (χ1v) is 10.0. The van der Waals surface area contributed by atoms with E-state index in [0.717, 1.165) is 5.56 Å². The number of ether oxygens (including phenoxy) is 2. The lowest BCUT2D eigenvalue weighted by Crippen LogP contribution is -2.32. The molecule has 6 nitrogen and oxygen atoms in total. The van der Waals surface area contributed by atoms with Crippen LogP contribution in [0, 0.1) is 0 Å². The molecule has 2 atom stereocenters. The average Bonchev–Trinajstić information content (AvgIpc) is 2.80. The molecule has 0 unspecified atom stereocenters. The third-order valence-corrected chi connectivity index (χ3v) is 4.80. The molecule has 0 aliphatic carbocycles. The van der Waals surface area contributed by atoms with Gasteiger partial charge in [-0.2, -0.15) is 0 Å². The highest BCUT2D eigenvalue weighted by molar-refractivity contribution is 6.04. The number of methoxy groups -OCH3 is 1. The molecule has 0 bridgehead atoms. The Kier molecular flexibility index (Phi) is 7.27. The van der Waals surface area contributed by atoms with Gasteiger partial charge in [0.15, 0.2) is 6.10 Å². The Hall–Kier alpha value is -3.80. The van der Waals surface area contributed by atoms with E-state index in [1.165, 1.54) is 0 Å². The van der Waals surface area contributed by atoms with Crippen molar-refractivity contribution in [1.82, 2.24) is 5.32 Å². The molecule has 3 aromatic carbocycles. The van der Waals surface area contributed by atoms with Gasteiger partial charge in [-0.25, -0.2) is 0 Å². The zero-order valence-corrected chi connectivity index (χ0v) is 17.8. The van der Waals surface area contributed by atoms with Crippen molar-refractivity contribution in [3.63, 3.8) is 0 Å². The molecular weight excluding hydrogens is 392 g/mol. The van der Waals surface area contributed by atoms with E-state index >= 15 is 0 Å². The highest BCUT2D eigenvalue weighted by Gasteiger charge is 2.19. The van der Waals surface area contributed by atoms with Gasteiger partial charge in [0.25, 0.3) is 11.8 Å². The molecule has 0 saturated heterocycles. The van der Waals surface area contributed by atoms with Crippen molar-refractivity contribution < 1.29 is 19.1 Å². The predicted molar refractivity (Wildman–Crippen MR) is 120 cm³/mol. The standard InChI is InChI=1S/C25H26N2O4/c1-17(19-10-5-4-6-11-19)26-25(29)22-14-7-8-15-23(22)27-24(28)18(2)31-21-13-9-12-20(16-21)30-3/h4-18H,1-3H3,(H,26,29)(H,27,28)/t17-,18+/m0/s1. The second kappa shape index (κ2) is 10.3. The summed E-state index contributed by atoms with van der Waals surface area (Å²) in [4.78, 5) is 25.5. The van der Waals surface area contributed by atoms with Gasteiger partial charge in [0.05, 0.1) is 24.4 Å². The third-order valence-electron chi connectivity index (χ3n) is 4.80. The summed E-state index contributed by atoms with van der Waals surface area (Å²) in [6.45, 7) is 3.56. The van der Waals surface area contributed by atoms with Crippen LogP contribution in [0.3, 0.4) is 0 Å². The van der Waals surface area contributed by atoms with E-state index in [4.69, 9.17) is 9.47 Å². The number of carbonyl (C=O) groups is 2. The minimum atomic E-state index is -0.772. The zero-order valence-electron chi connectivity index (χ0n) is 17.8. The van der Waals surface area contributed by atoms with Gasteiger partial charge in [-0.1, -0.05) is 48.5 Å². The van der Waals surface area contributed by atoms with Gasteiger partial charge in [0.1, 0.15) is 11.5 Å². The van der Waals surface area contributed by atoms with Gasteiger partial charge < -0.3 is 20.1 Å². The first-order chi connectivity index (χ1) is 15.0. The van der Waals surface area contributed by atoms with E-state index in [2.05, 4.69) is 10.6 Å². The highest BCUT2D eigenvalue weighted by Crippen LogP contribution is 2.21. The fraction of sp³-hybridized carbons (Fsp3) is 0.200. The van der Waals surface area contributed by atoms with E-state index in [0.29, 0.717) is 22.7 Å². The lowest BCUT2D eigenvalue weighted by molar-refractivity contribution is -0.122. The average molecular weight is 418 g/mol. The van der Waals surface area contributed by atoms with Crippen LogP contribution in [0.5, 0.6) is 11.5 Å². The van der Waals surface area contributed by atoms with Gasteiger partial charge >= 0.3 is 0 Å². The summed E-state index contributed by atoms with van der Waals surface area (Å²) in [5, 5.41) is 5.77. The minimum Gasteiger partial charge on any atom is -0.497 e. The van der Waals surface area contributed by atoms with Crippen LogP contribution in [0.2, 0.25) is 0 Å². The molecule has 3 rings (SSSR count). The van der Waals surface area contributed by atoms with Crippen LogP contribution in [0.25, 0.3) is 0 Å². The summed E-state index contributed by atoms with van der Waals surface area (Å²) >= 11 is 0. The van der Waals surface area contributed by atoms with Crippen LogP contribution < -0.4 is 20.1 Å². The maximum Gasteiger partial charge on any atom is 0.265 e. The molecule has 0 aliphatic heterocycles. The van der Waals surface area contributed by atoms with Crippen LogP contribution >= 0.6 is 0 Å². The van der Waals surface area contributed by atoms with Crippen molar-refractivity contribution in [3.05, 3.63) is 90.0 Å². The molecule has 0 aromatic heterocycles. The molecule has 160 valence electrons. The largest absolute Gasteiger partial charge is 0.497 e. The number of rotatable bonds is 8. The van der Waals surface area contributed by atoms with Crippen molar-refractivity contribution in [3.8, 4) is 11.5 Å². The number of nitrogens with one attached hydrogen (secondary N) is 2. The summed E-state index contributed by atoms with van der Waals surface area (Å²) in [5.74, 6) is 0.525. The molecule has 0 heterocycles. The normalized spacial score (nSPS) is 12.4. The Morgan fingerprint density at radius 2 is 1.52 bits per heavy atom. The number of benzene rings is 3. The molecule has 0 aliphatic rings. The van der Waals surface area contributed by atoms with E-state index in [1.54, 1.807) is 62.6 Å². The molecule has 31 heavy (non-hydrogen) atoms. The second-order valence-electron chi connectivity index (χ2n) is 7.08. The summed E-state index contributed by atoms with van der Waals surface area (Å²) in [6.07, 6.45) is -0.772. The number of anilines is 1. The Morgan fingerprint density at radius 3 is 2.26 bits per heavy atom. The topological polar surface area (TPSA) is 76.7 Å². The fourth-order valence-corrected chi connectivity index (χ4v) is 3.06. The monoisotopic (exact) mass is 418 g/mol. The summed E-state index contributed by atoms with van der Waals surface area (Å²) in [6, 6.07) is 23.4. The zero-order chi connectivity index (χ0) is 22.2. The number of hydrogen-bond acceptors (Lipinski definition) is 4. The third kappa shape index (κ3) is 5.85. The van der Waals surface area contributed by atoms with E-state index in [1.807, 2.05) is 37.3 Å². The van der Waals surface area contributed by atoms with Crippen molar-refractivity contribution in [2.45, 2.75) is 26.0 Å². The molecular formula is C25H26N2O4. The molecule has 0 fully saturated rings. The van der Waals surface area contributed by atoms with Crippen LogP contribution in [0.1, 0.15) is 35.8 Å². The Labute approximate surface area is 182 Å². The number of amides is 2. The SMILES string of the molecule is COc1cccc(O[C@H](C)C(=O)Nc2ccccc2C(=O)N[C@@H](C)c2ccccc2)c1. The van der Waals surface area contributed by atoms with Crippen molar-refractivity contribution >= 4 is 17.5 Å². The van der Waals surface area contributed by atoms with Gasteiger partial charge in [0, 0.05) is 6.07 Å². The van der Waals surface area contributed by atoms with Crippen LogP contribution in [-0.2, 0) is 4.79 Å². The van der Waals surface area contributed by atoms with Crippen LogP contribution in [0.4, 0.5) is 5.69 Å². The first-order valence-electron chi connectivity index (χ1n) is 10.0. The van der Waals surface area contributed by atoms with E-state index in [-0.39, 0.29) is 17.9 Å². The lowest BCUT2D eigenvalue weighted by atomic mass is 10.1. The summed E-state index contributed by atoms with van der Waals surface area (Å²) < 4.78 is 10.9. The predicted octanol–water partition coefficient (Wildman–Crippen LogP) is 4.59. The summed E-state index contributed by atoms with van der Waals surface area (Å²) in [7, 11) is 1.57. The number of hydrogen-bond donors (Lipinski definition) is 2. The van der Waals surface area contributed by atoms with E-state index in [9.17, 15) is 9.59 Å². The van der Waals surface area contributed by atoms with Gasteiger partial charge in [-0.15, -0.1) is 0 Å². The van der Waals surface area contributed by atoms with Crippen LogP contribution in [0.15, 0.2) is 78.9 Å². The van der Waals surface area contributed by atoms with Crippen LogP contribution in [-0.4, -0.2) is 25.0 Å². The molecule has 0 saturated carbocycles. The van der Waals surface area contributed by atoms with Crippen molar-refractivity contribution in [2.75, 3.05) is 12.4 Å². The Bertz CT molecular complexity index is 1040. The maximum atomic E-state index is 12.9. The van der Waals surface area contributed by atoms with E-state index < -0.39 is 6.10 Å². The quantitative estimate of drug-likeness (QED) is 0.561. The number of carbonyl (C=O) groups excluding carboxylic acids is 2. The highest BCUT2D eigenvalue weighted by atomic mass is 16.5. The van der Waals surface area contributed by atoms with Gasteiger partial charge in [-0.05, 0) is 43.7 Å². The summed E-state index contributed by atoms with van der Waals surface area (Å²) in [5.41, 5.74) is 1.80. The van der Waals surface area contributed by atoms with Crippen molar-refractivity contribution in [1.29, 1.82) is 0 Å². The molecule has 3 aromatic rings. The molecule has 6 heteroatoms. The lowest BCUT2D eigenvalue weighted by Gasteiger charge is -2.18. The maximum absolute atomic E-state index is 12.9. The van der Waals surface area contributed by atoms with Gasteiger partial charge in [0.2, 0.25) is 0 Å². The molecule has 0 spiro atoms. The van der Waals surface area contributed by atoms with Gasteiger partial charge in [-0.3, -0.25) is 9.59 Å². The molecule has 0 radical (unpaired) electrons.